The van der Waals surface area contributed by atoms with Gasteiger partial charge in [-0.25, -0.2) is 4.79 Å². The minimum Gasteiger partial charge on any atom is -0.465 e. The molecule has 8 heteroatoms. The van der Waals surface area contributed by atoms with E-state index in [-0.39, 0.29) is 24.7 Å². The SMILES string of the molecule is CN1CC(c2ccc([N+](=O)[O-])cc2)(C(C)(C)C)N(C(=O)O)CC1=O. The van der Waals surface area contributed by atoms with Gasteiger partial charge in [-0.15, -0.1) is 0 Å². The lowest BCUT2D eigenvalue weighted by Crippen LogP contribution is -2.67. The molecule has 1 aliphatic heterocycles. The Bertz CT molecular complexity index is 680. The van der Waals surface area contributed by atoms with Gasteiger partial charge in [0.15, 0.2) is 0 Å². The number of likely N-dealkylation sites (N-methyl/N-ethyl adjacent to an activating group) is 1. The normalized spacial score (nSPS) is 21.8. The number of piperazine rings is 1. The van der Waals surface area contributed by atoms with Crippen LogP contribution in [0.15, 0.2) is 24.3 Å². The van der Waals surface area contributed by atoms with Crippen molar-refractivity contribution in [3.8, 4) is 0 Å². The zero-order valence-electron chi connectivity index (χ0n) is 14.1. The Morgan fingerprint density at radius 2 is 1.83 bits per heavy atom. The summed E-state index contributed by atoms with van der Waals surface area (Å²) in [6.07, 6.45) is -1.19. The monoisotopic (exact) mass is 335 g/mol. The first-order valence-electron chi connectivity index (χ1n) is 7.50. The van der Waals surface area contributed by atoms with Crippen LogP contribution < -0.4 is 0 Å². The summed E-state index contributed by atoms with van der Waals surface area (Å²) in [5.41, 5.74) is -0.986. The highest BCUT2D eigenvalue weighted by atomic mass is 16.6. The third-order valence-electron chi connectivity index (χ3n) is 4.67. The number of rotatable bonds is 2. The molecule has 1 aromatic rings. The van der Waals surface area contributed by atoms with Gasteiger partial charge in [-0.3, -0.25) is 19.8 Å². The molecule has 1 unspecified atom stereocenters. The minimum absolute atomic E-state index is 0.0649. The van der Waals surface area contributed by atoms with Crippen LogP contribution in [0.3, 0.4) is 0 Å². The fraction of sp³-hybridized carbons (Fsp3) is 0.500. The van der Waals surface area contributed by atoms with E-state index >= 15 is 0 Å². The predicted octanol–water partition coefficient (Wildman–Crippen LogP) is 2.29. The Hall–Kier alpha value is -2.64. The van der Waals surface area contributed by atoms with E-state index in [1.165, 1.54) is 17.0 Å². The van der Waals surface area contributed by atoms with Gasteiger partial charge in [-0.05, 0) is 23.1 Å². The molecule has 1 aliphatic rings. The fourth-order valence-electron chi connectivity index (χ4n) is 3.32. The second-order valence-corrected chi connectivity index (χ2v) is 7.03. The summed E-state index contributed by atoms with van der Waals surface area (Å²) in [6.45, 7) is 5.62. The van der Waals surface area contributed by atoms with Crippen LogP contribution in [0, 0.1) is 15.5 Å². The molecule has 24 heavy (non-hydrogen) atoms. The predicted molar refractivity (Wildman–Crippen MR) is 86.6 cm³/mol. The average molecular weight is 335 g/mol. The fourth-order valence-corrected chi connectivity index (χ4v) is 3.32. The van der Waals surface area contributed by atoms with E-state index in [1.807, 2.05) is 20.8 Å². The number of nitro benzene ring substituents is 1. The highest BCUT2D eigenvalue weighted by Crippen LogP contribution is 2.47. The van der Waals surface area contributed by atoms with Crippen LogP contribution in [-0.4, -0.2) is 52.0 Å². The highest BCUT2D eigenvalue weighted by Gasteiger charge is 2.54. The van der Waals surface area contributed by atoms with Gasteiger partial charge in [0.05, 0.1) is 10.5 Å². The lowest BCUT2D eigenvalue weighted by molar-refractivity contribution is -0.384. The molecule has 8 nitrogen and oxygen atoms in total. The first-order chi connectivity index (χ1) is 11.0. The van der Waals surface area contributed by atoms with Crippen molar-refractivity contribution in [2.75, 3.05) is 20.1 Å². The summed E-state index contributed by atoms with van der Waals surface area (Å²) in [5, 5.41) is 20.6. The second kappa shape index (κ2) is 5.77. The number of nitrogens with zero attached hydrogens (tertiary/aromatic N) is 3. The number of nitro groups is 1. The van der Waals surface area contributed by atoms with Gasteiger partial charge in [0.2, 0.25) is 5.91 Å². The topological polar surface area (TPSA) is 104 Å². The molecule has 0 aliphatic carbocycles. The Morgan fingerprint density at radius 3 is 2.25 bits per heavy atom. The highest BCUT2D eigenvalue weighted by molar-refractivity contribution is 5.84. The van der Waals surface area contributed by atoms with Crippen molar-refractivity contribution >= 4 is 17.7 Å². The Morgan fingerprint density at radius 1 is 1.29 bits per heavy atom. The molecule has 1 atom stereocenters. The van der Waals surface area contributed by atoms with Crippen molar-refractivity contribution < 1.29 is 19.6 Å². The van der Waals surface area contributed by atoms with Crippen LogP contribution in [0.1, 0.15) is 26.3 Å². The third kappa shape index (κ3) is 2.68. The van der Waals surface area contributed by atoms with Crippen LogP contribution in [0.2, 0.25) is 0 Å². The number of hydrogen-bond acceptors (Lipinski definition) is 4. The molecular weight excluding hydrogens is 314 g/mol. The molecule has 130 valence electrons. The summed E-state index contributed by atoms with van der Waals surface area (Å²) < 4.78 is 0. The molecule has 2 amide bonds. The maximum Gasteiger partial charge on any atom is 0.408 e. The van der Waals surface area contributed by atoms with Gasteiger partial charge < -0.3 is 10.0 Å². The van der Waals surface area contributed by atoms with Gasteiger partial charge >= 0.3 is 6.09 Å². The van der Waals surface area contributed by atoms with Gasteiger partial charge in [0, 0.05) is 25.7 Å². The zero-order valence-corrected chi connectivity index (χ0v) is 14.1. The van der Waals surface area contributed by atoms with Gasteiger partial charge in [-0.1, -0.05) is 20.8 Å². The zero-order chi connectivity index (χ0) is 18.3. The van der Waals surface area contributed by atoms with Crippen molar-refractivity contribution in [2.45, 2.75) is 26.3 Å². The van der Waals surface area contributed by atoms with Crippen molar-refractivity contribution in [3.05, 3.63) is 39.9 Å². The molecule has 1 heterocycles. The quantitative estimate of drug-likeness (QED) is 0.659. The van der Waals surface area contributed by atoms with Crippen LogP contribution >= 0.6 is 0 Å². The molecule has 0 bridgehead atoms. The smallest absolute Gasteiger partial charge is 0.408 e. The van der Waals surface area contributed by atoms with E-state index in [9.17, 15) is 24.8 Å². The minimum atomic E-state index is -1.19. The van der Waals surface area contributed by atoms with E-state index < -0.39 is 22.0 Å². The van der Waals surface area contributed by atoms with E-state index in [0.29, 0.717) is 5.56 Å². The van der Waals surface area contributed by atoms with Crippen LogP contribution in [0.5, 0.6) is 0 Å². The summed E-state index contributed by atoms with van der Waals surface area (Å²) in [7, 11) is 1.63. The maximum atomic E-state index is 12.0. The van der Waals surface area contributed by atoms with Crippen molar-refractivity contribution in [3.63, 3.8) is 0 Å². The Balaban J connectivity index is 2.66. The second-order valence-electron chi connectivity index (χ2n) is 7.03. The molecule has 0 aromatic heterocycles. The standard InChI is InChI=1S/C16H21N3O5/c1-15(2,3)16(11-5-7-12(8-6-11)19(23)24)10-17(4)13(20)9-18(16)14(21)22/h5-8H,9-10H2,1-4H3,(H,21,22). The van der Waals surface area contributed by atoms with Crippen LogP contribution in [-0.2, 0) is 10.3 Å². The number of amides is 2. The Labute approximate surface area is 139 Å². The summed E-state index contributed by atoms with van der Waals surface area (Å²) in [6, 6.07) is 5.87. The molecule has 1 N–H and O–H groups in total. The van der Waals surface area contributed by atoms with Gasteiger partial charge in [0.25, 0.3) is 5.69 Å². The van der Waals surface area contributed by atoms with E-state index in [2.05, 4.69) is 0 Å². The molecule has 1 fully saturated rings. The lowest BCUT2D eigenvalue weighted by Gasteiger charge is -2.55. The summed E-state index contributed by atoms with van der Waals surface area (Å²) >= 11 is 0. The van der Waals surface area contributed by atoms with E-state index in [4.69, 9.17) is 0 Å². The average Bonchev–Trinajstić information content (AvgIpc) is 2.48. The summed E-state index contributed by atoms with van der Waals surface area (Å²) in [5.74, 6) is -0.279. The van der Waals surface area contributed by atoms with Crippen molar-refractivity contribution in [1.29, 1.82) is 0 Å². The van der Waals surface area contributed by atoms with E-state index in [0.717, 1.165) is 4.90 Å². The largest absolute Gasteiger partial charge is 0.465 e. The molecule has 0 saturated carbocycles. The number of benzene rings is 1. The van der Waals surface area contributed by atoms with Crippen LogP contribution in [0.25, 0.3) is 0 Å². The molecule has 1 aromatic carbocycles. The van der Waals surface area contributed by atoms with Gasteiger partial charge in [0.1, 0.15) is 6.54 Å². The van der Waals surface area contributed by atoms with E-state index in [1.54, 1.807) is 19.2 Å². The maximum absolute atomic E-state index is 12.0. The van der Waals surface area contributed by atoms with Crippen LogP contribution in [0.4, 0.5) is 10.5 Å². The summed E-state index contributed by atoms with van der Waals surface area (Å²) in [4.78, 5) is 36.9. The first kappa shape index (κ1) is 17.7. The molecule has 0 radical (unpaired) electrons. The lowest BCUT2D eigenvalue weighted by atomic mass is 9.67. The number of carboxylic acid groups (broad SMARTS) is 1. The number of carbonyl (C=O) groups is 2. The van der Waals surface area contributed by atoms with Crippen molar-refractivity contribution in [1.82, 2.24) is 9.80 Å². The number of non-ortho nitro benzene ring substituents is 1. The molecule has 2 rings (SSSR count). The molecule has 1 saturated heterocycles. The first-order valence-corrected chi connectivity index (χ1v) is 7.50. The number of hydrogen-bond donors (Lipinski definition) is 1. The molecular formula is C16H21N3O5. The Kier molecular flexibility index (Phi) is 4.26. The molecule has 0 spiro atoms. The van der Waals surface area contributed by atoms with Gasteiger partial charge in [-0.2, -0.15) is 0 Å². The third-order valence-corrected chi connectivity index (χ3v) is 4.67. The number of carbonyl (C=O) groups excluding carboxylic acids is 1. The van der Waals surface area contributed by atoms with Crippen molar-refractivity contribution in [2.24, 2.45) is 5.41 Å².